The van der Waals surface area contributed by atoms with Crippen LogP contribution < -0.4 is 0 Å². The second kappa shape index (κ2) is 5.22. The van der Waals surface area contributed by atoms with Crippen LogP contribution in [0.25, 0.3) is 0 Å². The second-order valence-electron chi connectivity index (χ2n) is 3.65. The summed E-state index contributed by atoms with van der Waals surface area (Å²) in [6.45, 7) is 13.2. The van der Waals surface area contributed by atoms with Crippen molar-refractivity contribution in [2.45, 2.75) is 34.1 Å². The Labute approximate surface area is 70.4 Å². The number of hydrogen-bond acceptors (Lipinski definition) is 1. The third-order valence-electron chi connectivity index (χ3n) is 1.63. The molecule has 0 saturated heterocycles. The van der Waals surface area contributed by atoms with Crippen LogP contribution in [0, 0.1) is 11.8 Å². The first-order chi connectivity index (χ1) is 5.04. The Morgan fingerprint density at radius 1 is 1.27 bits per heavy atom. The summed E-state index contributed by atoms with van der Waals surface area (Å²) < 4.78 is 5.42. The van der Waals surface area contributed by atoms with E-state index in [1.165, 1.54) is 0 Å². The van der Waals surface area contributed by atoms with Gasteiger partial charge in [0.15, 0.2) is 0 Å². The first-order valence-corrected chi connectivity index (χ1v) is 4.35. The summed E-state index contributed by atoms with van der Waals surface area (Å²) in [5.41, 5.74) is 0. The molecule has 0 aromatic rings. The fourth-order valence-electron chi connectivity index (χ4n) is 0.592. The SMILES string of the molecule is C=C(OCCC(C)C)C(C)C. The lowest BCUT2D eigenvalue weighted by molar-refractivity contribution is 0.173. The molecule has 0 spiro atoms. The molecule has 0 aliphatic rings. The average Bonchev–Trinajstić information content (AvgIpc) is 1.86. The monoisotopic (exact) mass is 156 g/mol. The van der Waals surface area contributed by atoms with Gasteiger partial charge in [0.05, 0.1) is 12.4 Å². The second-order valence-corrected chi connectivity index (χ2v) is 3.65. The van der Waals surface area contributed by atoms with E-state index in [1.807, 2.05) is 0 Å². The lowest BCUT2D eigenvalue weighted by Gasteiger charge is -2.12. The topological polar surface area (TPSA) is 9.23 Å². The molecule has 0 heterocycles. The van der Waals surface area contributed by atoms with Gasteiger partial charge in [0.2, 0.25) is 0 Å². The molecule has 1 nitrogen and oxygen atoms in total. The fraction of sp³-hybridized carbons (Fsp3) is 0.800. The van der Waals surface area contributed by atoms with E-state index in [1.54, 1.807) is 0 Å². The Hall–Kier alpha value is -0.460. The highest BCUT2D eigenvalue weighted by molar-refractivity contribution is 4.85. The van der Waals surface area contributed by atoms with Gasteiger partial charge in [-0.15, -0.1) is 0 Å². The van der Waals surface area contributed by atoms with Crippen LogP contribution in [0.3, 0.4) is 0 Å². The van der Waals surface area contributed by atoms with Crippen molar-refractivity contribution in [3.05, 3.63) is 12.3 Å². The summed E-state index contributed by atoms with van der Waals surface area (Å²) in [5.74, 6) is 2.07. The minimum absolute atomic E-state index is 0.446. The predicted molar refractivity (Wildman–Crippen MR) is 49.4 cm³/mol. The van der Waals surface area contributed by atoms with Crippen molar-refractivity contribution in [1.82, 2.24) is 0 Å². The van der Waals surface area contributed by atoms with Crippen molar-refractivity contribution in [3.8, 4) is 0 Å². The van der Waals surface area contributed by atoms with Crippen LogP contribution in [0.4, 0.5) is 0 Å². The van der Waals surface area contributed by atoms with Crippen LogP contribution >= 0.6 is 0 Å². The largest absolute Gasteiger partial charge is 0.498 e. The number of ether oxygens (including phenoxy) is 1. The molecule has 0 rings (SSSR count). The predicted octanol–water partition coefficient (Wildman–Crippen LogP) is 3.22. The number of rotatable bonds is 5. The van der Waals surface area contributed by atoms with Crippen molar-refractivity contribution < 1.29 is 4.74 Å². The minimum atomic E-state index is 0.446. The molecule has 0 aliphatic heterocycles. The van der Waals surface area contributed by atoms with E-state index in [4.69, 9.17) is 4.74 Å². The molecule has 0 N–H and O–H groups in total. The molecule has 0 aromatic carbocycles. The third kappa shape index (κ3) is 5.96. The molecule has 0 aliphatic carbocycles. The van der Waals surface area contributed by atoms with Gasteiger partial charge in [0.25, 0.3) is 0 Å². The summed E-state index contributed by atoms with van der Waals surface area (Å²) in [5, 5.41) is 0. The Morgan fingerprint density at radius 3 is 2.18 bits per heavy atom. The van der Waals surface area contributed by atoms with Gasteiger partial charge in [-0.05, 0) is 12.3 Å². The third-order valence-corrected chi connectivity index (χ3v) is 1.63. The van der Waals surface area contributed by atoms with Crippen molar-refractivity contribution in [1.29, 1.82) is 0 Å². The molecule has 0 unspecified atom stereocenters. The van der Waals surface area contributed by atoms with E-state index in [2.05, 4.69) is 34.3 Å². The van der Waals surface area contributed by atoms with Crippen LogP contribution in [0.2, 0.25) is 0 Å². The van der Waals surface area contributed by atoms with E-state index < -0.39 is 0 Å². The molecular formula is C10H20O. The zero-order valence-corrected chi connectivity index (χ0v) is 8.18. The molecule has 0 saturated carbocycles. The van der Waals surface area contributed by atoms with Gasteiger partial charge in [-0.1, -0.05) is 34.3 Å². The fourth-order valence-corrected chi connectivity index (χ4v) is 0.592. The van der Waals surface area contributed by atoms with Gasteiger partial charge in [0, 0.05) is 5.92 Å². The maximum atomic E-state index is 5.42. The molecule has 0 amide bonds. The lowest BCUT2D eigenvalue weighted by atomic mass is 10.1. The van der Waals surface area contributed by atoms with E-state index in [9.17, 15) is 0 Å². The molecule has 0 atom stereocenters. The van der Waals surface area contributed by atoms with Gasteiger partial charge >= 0.3 is 0 Å². The van der Waals surface area contributed by atoms with E-state index in [0.29, 0.717) is 5.92 Å². The molecule has 66 valence electrons. The lowest BCUT2D eigenvalue weighted by Crippen LogP contribution is -2.02. The molecule has 1 heteroatoms. The average molecular weight is 156 g/mol. The molecule has 11 heavy (non-hydrogen) atoms. The van der Waals surface area contributed by atoms with Crippen molar-refractivity contribution >= 4 is 0 Å². The van der Waals surface area contributed by atoms with E-state index in [0.717, 1.165) is 24.7 Å². The highest BCUT2D eigenvalue weighted by atomic mass is 16.5. The molecule has 0 aromatic heterocycles. The van der Waals surface area contributed by atoms with E-state index >= 15 is 0 Å². The van der Waals surface area contributed by atoms with E-state index in [-0.39, 0.29) is 0 Å². The summed E-state index contributed by atoms with van der Waals surface area (Å²) in [4.78, 5) is 0. The van der Waals surface area contributed by atoms with Gasteiger partial charge in [-0.2, -0.15) is 0 Å². The van der Waals surface area contributed by atoms with Crippen LogP contribution in [0.1, 0.15) is 34.1 Å². The van der Waals surface area contributed by atoms with Crippen molar-refractivity contribution in [2.24, 2.45) is 11.8 Å². The molecular weight excluding hydrogens is 136 g/mol. The first kappa shape index (κ1) is 10.5. The minimum Gasteiger partial charge on any atom is -0.498 e. The molecule has 0 bridgehead atoms. The van der Waals surface area contributed by atoms with Gasteiger partial charge < -0.3 is 4.74 Å². The van der Waals surface area contributed by atoms with Gasteiger partial charge in [0.1, 0.15) is 0 Å². The standard InChI is InChI=1S/C10H20O/c1-8(2)6-7-11-10(5)9(3)4/h8-9H,5-7H2,1-4H3. The van der Waals surface area contributed by atoms with Crippen LogP contribution in [0.5, 0.6) is 0 Å². The Morgan fingerprint density at radius 2 is 1.82 bits per heavy atom. The maximum Gasteiger partial charge on any atom is 0.0913 e. The van der Waals surface area contributed by atoms with Crippen molar-refractivity contribution in [3.63, 3.8) is 0 Å². The highest BCUT2D eigenvalue weighted by Gasteiger charge is 2.00. The van der Waals surface area contributed by atoms with Gasteiger partial charge in [-0.3, -0.25) is 0 Å². The van der Waals surface area contributed by atoms with Crippen molar-refractivity contribution in [2.75, 3.05) is 6.61 Å². The zero-order valence-electron chi connectivity index (χ0n) is 8.18. The summed E-state index contributed by atoms with van der Waals surface area (Å²) in [6, 6.07) is 0. The molecule has 0 fully saturated rings. The first-order valence-electron chi connectivity index (χ1n) is 4.35. The quantitative estimate of drug-likeness (QED) is 0.555. The maximum absolute atomic E-state index is 5.42. The summed E-state index contributed by atoms with van der Waals surface area (Å²) in [7, 11) is 0. The van der Waals surface area contributed by atoms with Crippen LogP contribution in [-0.4, -0.2) is 6.61 Å². The Kier molecular flexibility index (Phi) is 5.01. The Balaban J connectivity index is 3.32. The molecule has 0 radical (unpaired) electrons. The Bertz CT molecular complexity index is 114. The summed E-state index contributed by atoms with van der Waals surface area (Å²) >= 11 is 0. The number of allylic oxidation sites excluding steroid dienone is 1. The number of hydrogen-bond donors (Lipinski definition) is 0. The van der Waals surface area contributed by atoms with Crippen LogP contribution in [-0.2, 0) is 4.74 Å². The highest BCUT2D eigenvalue weighted by Crippen LogP contribution is 2.09. The van der Waals surface area contributed by atoms with Crippen LogP contribution in [0.15, 0.2) is 12.3 Å². The van der Waals surface area contributed by atoms with Gasteiger partial charge in [-0.25, -0.2) is 0 Å². The zero-order chi connectivity index (χ0) is 8.85. The normalized spacial score (nSPS) is 10.7. The smallest absolute Gasteiger partial charge is 0.0913 e. The summed E-state index contributed by atoms with van der Waals surface area (Å²) in [6.07, 6.45) is 1.12.